The zero-order valence-electron chi connectivity index (χ0n) is 18.3. The fourth-order valence-corrected chi connectivity index (χ4v) is 5.84. The van der Waals surface area contributed by atoms with Crippen LogP contribution >= 0.6 is 0 Å². The largest absolute Gasteiger partial charge is 0.491 e. The summed E-state index contributed by atoms with van der Waals surface area (Å²) in [6.07, 6.45) is 14.8. The van der Waals surface area contributed by atoms with Crippen LogP contribution in [-0.4, -0.2) is 6.61 Å². The Kier molecular flexibility index (Phi) is 6.75. The molecule has 0 aromatic heterocycles. The van der Waals surface area contributed by atoms with Crippen LogP contribution in [0.5, 0.6) is 5.75 Å². The van der Waals surface area contributed by atoms with Crippen molar-refractivity contribution < 1.29 is 13.5 Å². The van der Waals surface area contributed by atoms with E-state index < -0.39 is 11.6 Å². The predicted molar refractivity (Wildman–Crippen MR) is 120 cm³/mol. The Morgan fingerprint density at radius 3 is 2.20 bits per heavy atom. The van der Waals surface area contributed by atoms with Gasteiger partial charge in [-0.25, -0.2) is 4.39 Å². The van der Waals surface area contributed by atoms with Crippen LogP contribution in [0.1, 0.15) is 76.7 Å². The lowest BCUT2D eigenvalue weighted by Crippen LogP contribution is -2.25. The number of hydrogen-bond acceptors (Lipinski definition) is 1. The van der Waals surface area contributed by atoms with Crippen molar-refractivity contribution in [1.82, 2.24) is 0 Å². The highest BCUT2D eigenvalue weighted by Gasteiger charge is 2.31. The summed E-state index contributed by atoms with van der Waals surface area (Å²) in [4.78, 5) is 0. The lowest BCUT2D eigenvalue weighted by molar-refractivity contribution is 0.171. The molecule has 3 heteroatoms. The molecule has 30 heavy (non-hydrogen) atoms. The standard InChI is InChI=1S/C27H34F2O/c1-3-5-18-6-8-19(9-7-18)20-10-12-21(13-11-20)22-14-15-23-17-25(30-4-2)27(29)26(28)24(23)16-22/h3,5,14-21H,4,6-13H2,1-2H3/b5-3+. The number of halogens is 2. The minimum atomic E-state index is -0.876. The molecular weight excluding hydrogens is 378 g/mol. The molecule has 0 spiro atoms. The molecule has 0 unspecified atom stereocenters. The first-order valence-electron chi connectivity index (χ1n) is 11.8. The number of ether oxygens (including phenoxy) is 1. The first-order chi connectivity index (χ1) is 14.6. The minimum Gasteiger partial charge on any atom is -0.491 e. The molecule has 2 aliphatic rings. The molecule has 2 saturated carbocycles. The summed E-state index contributed by atoms with van der Waals surface area (Å²) < 4.78 is 34.2. The Bertz CT molecular complexity index is 887. The molecule has 2 aliphatic carbocycles. The van der Waals surface area contributed by atoms with Crippen molar-refractivity contribution in [1.29, 1.82) is 0 Å². The molecule has 0 N–H and O–H groups in total. The minimum absolute atomic E-state index is 0.0000865. The summed E-state index contributed by atoms with van der Waals surface area (Å²) >= 11 is 0. The van der Waals surface area contributed by atoms with Crippen LogP contribution < -0.4 is 4.74 Å². The predicted octanol–water partition coefficient (Wildman–Crippen LogP) is 8.17. The summed E-state index contributed by atoms with van der Waals surface area (Å²) in [7, 11) is 0. The number of rotatable bonds is 5. The molecule has 2 aromatic rings. The second-order valence-electron chi connectivity index (χ2n) is 9.23. The van der Waals surface area contributed by atoms with Gasteiger partial charge in [0.1, 0.15) is 0 Å². The normalized spacial score (nSPS) is 27.6. The van der Waals surface area contributed by atoms with E-state index in [1.54, 1.807) is 13.0 Å². The second-order valence-corrected chi connectivity index (χ2v) is 9.23. The zero-order chi connectivity index (χ0) is 21.1. The smallest absolute Gasteiger partial charge is 0.201 e. The van der Waals surface area contributed by atoms with Crippen LogP contribution in [-0.2, 0) is 0 Å². The molecule has 4 rings (SSSR count). The highest BCUT2D eigenvalue weighted by molar-refractivity contribution is 5.85. The van der Waals surface area contributed by atoms with E-state index in [0.29, 0.717) is 23.3 Å². The van der Waals surface area contributed by atoms with E-state index in [1.807, 2.05) is 12.1 Å². The van der Waals surface area contributed by atoms with Gasteiger partial charge in [0, 0.05) is 5.39 Å². The molecule has 0 saturated heterocycles. The highest BCUT2D eigenvalue weighted by Crippen LogP contribution is 2.44. The molecule has 0 bridgehead atoms. The Morgan fingerprint density at radius 1 is 0.900 bits per heavy atom. The number of hydrogen-bond donors (Lipinski definition) is 0. The van der Waals surface area contributed by atoms with Crippen LogP contribution in [0.25, 0.3) is 10.8 Å². The Hall–Kier alpha value is -1.90. The summed E-state index contributed by atoms with van der Waals surface area (Å²) in [6.45, 7) is 4.22. The summed E-state index contributed by atoms with van der Waals surface area (Å²) in [6, 6.07) is 7.51. The summed E-state index contributed by atoms with van der Waals surface area (Å²) in [5.74, 6) is 1.31. The lowest BCUT2D eigenvalue weighted by Gasteiger charge is -2.37. The monoisotopic (exact) mass is 412 g/mol. The van der Waals surface area contributed by atoms with E-state index in [4.69, 9.17) is 4.74 Å². The van der Waals surface area contributed by atoms with Gasteiger partial charge in [0.2, 0.25) is 5.82 Å². The van der Waals surface area contributed by atoms with Crippen LogP contribution in [0.2, 0.25) is 0 Å². The summed E-state index contributed by atoms with van der Waals surface area (Å²) in [5, 5.41) is 1.07. The second kappa shape index (κ2) is 9.49. The summed E-state index contributed by atoms with van der Waals surface area (Å²) in [5.41, 5.74) is 1.15. The number of benzene rings is 2. The molecule has 0 amide bonds. The molecule has 2 fully saturated rings. The van der Waals surface area contributed by atoms with Gasteiger partial charge in [-0.3, -0.25) is 0 Å². The molecule has 2 aromatic carbocycles. The maximum absolute atomic E-state index is 14.7. The van der Waals surface area contributed by atoms with Crippen molar-refractivity contribution >= 4 is 10.8 Å². The third-order valence-electron chi connectivity index (χ3n) is 7.50. The number of allylic oxidation sites excluding steroid dienone is 2. The molecule has 0 atom stereocenters. The van der Waals surface area contributed by atoms with Crippen molar-refractivity contribution in [2.24, 2.45) is 17.8 Å². The van der Waals surface area contributed by atoms with Gasteiger partial charge in [-0.2, -0.15) is 4.39 Å². The lowest BCUT2D eigenvalue weighted by atomic mass is 9.68. The van der Waals surface area contributed by atoms with Gasteiger partial charge < -0.3 is 4.74 Å². The van der Waals surface area contributed by atoms with E-state index in [1.165, 1.54) is 38.5 Å². The van der Waals surface area contributed by atoms with Gasteiger partial charge in [0.25, 0.3) is 0 Å². The van der Waals surface area contributed by atoms with Crippen molar-refractivity contribution in [3.8, 4) is 5.75 Å². The molecular formula is C27H34F2O. The van der Waals surface area contributed by atoms with Crippen LogP contribution in [0, 0.1) is 29.4 Å². The zero-order valence-corrected chi connectivity index (χ0v) is 18.3. The topological polar surface area (TPSA) is 9.23 Å². The van der Waals surface area contributed by atoms with Gasteiger partial charge >= 0.3 is 0 Å². The van der Waals surface area contributed by atoms with Crippen LogP contribution in [0.15, 0.2) is 36.4 Å². The molecule has 0 aliphatic heterocycles. The highest BCUT2D eigenvalue weighted by atomic mass is 19.2. The first kappa shape index (κ1) is 21.3. The third kappa shape index (κ3) is 4.40. The molecule has 0 heterocycles. The van der Waals surface area contributed by atoms with Crippen molar-refractivity contribution in [3.63, 3.8) is 0 Å². The Balaban J connectivity index is 1.42. The molecule has 162 valence electrons. The maximum atomic E-state index is 14.7. The van der Waals surface area contributed by atoms with E-state index in [9.17, 15) is 8.78 Å². The van der Waals surface area contributed by atoms with Crippen molar-refractivity contribution in [2.75, 3.05) is 6.61 Å². The van der Waals surface area contributed by atoms with Crippen LogP contribution in [0.4, 0.5) is 8.78 Å². The Labute approximate surface area is 179 Å². The van der Waals surface area contributed by atoms with Gasteiger partial charge in [0.15, 0.2) is 11.6 Å². The SMILES string of the molecule is C/C=C/C1CCC(C2CCC(c3ccc4cc(OCC)c(F)c(F)c4c3)CC2)CC1. The third-order valence-corrected chi connectivity index (χ3v) is 7.50. The van der Waals surface area contributed by atoms with E-state index >= 15 is 0 Å². The van der Waals surface area contributed by atoms with E-state index in [2.05, 4.69) is 25.1 Å². The first-order valence-corrected chi connectivity index (χ1v) is 11.8. The quantitative estimate of drug-likeness (QED) is 0.450. The van der Waals surface area contributed by atoms with E-state index in [0.717, 1.165) is 36.2 Å². The fourth-order valence-electron chi connectivity index (χ4n) is 5.84. The van der Waals surface area contributed by atoms with Crippen LogP contribution in [0.3, 0.4) is 0 Å². The van der Waals surface area contributed by atoms with Gasteiger partial charge in [-0.1, -0.05) is 24.3 Å². The average molecular weight is 413 g/mol. The van der Waals surface area contributed by atoms with Gasteiger partial charge in [-0.05, 0) is 112 Å². The van der Waals surface area contributed by atoms with Crippen molar-refractivity contribution in [3.05, 3.63) is 53.6 Å². The van der Waals surface area contributed by atoms with Crippen molar-refractivity contribution in [2.45, 2.75) is 71.1 Å². The fraction of sp³-hybridized carbons (Fsp3) is 0.556. The average Bonchev–Trinajstić information content (AvgIpc) is 2.78. The van der Waals surface area contributed by atoms with Gasteiger partial charge in [-0.15, -0.1) is 0 Å². The maximum Gasteiger partial charge on any atom is 0.201 e. The molecule has 0 radical (unpaired) electrons. The number of fused-ring (bicyclic) bond motifs is 1. The van der Waals surface area contributed by atoms with Gasteiger partial charge in [0.05, 0.1) is 6.61 Å². The molecule has 1 nitrogen and oxygen atoms in total. The van der Waals surface area contributed by atoms with E-state index in [-0.39, 0.29) is 5.75 Å². The Morgan fingerprint density at radius 2 is 1.57 bits per heavy atom.